The van der Waals surface area contributed by atoms with E-state index >= 15 is 0 Å². The molecule has 0 aromatic rings. The second-order valence-corrected chi connectivity index (χ2v) is 5.94. The maximum atomic E-state index is 5.71. The van der Waals surface area contributed by atoms with Crippen molar-refractivity contribution in [2.45, 2.75) is 40.4 Å². The maximum Gasteiger partial charge on any atom is 0.184 e. The fraction of sp³-hybridized carbons (Fsp3) is 0.833. The monoisotopic (exact) mass is 245 g/mol. The summed E-state index contributed by atoms with van der Waals surface area (Å²) in [6.45, 7) is 18.0. The van der Waals surface area contributed by atoms with Crippen LogP contribution in [0.25, 0.3) is 0 Å². The smallest absolute Gasteiger partial charge is 0.184 e. The zero-order chi connectivity index (χ0) is 12.6. The van der Waals surface area contributed by atoms with Crippen LogP contribution in [0.4, 0.5) is 0 Å². The van der Waals surface area contributed by atoms with Crippen molar-refractivity contribution in [1.82, 2.24) is 4.57 Å². The Labute approximate surface area is 103 Å². The highest BCUT2D eigenvalue weighted by Crippen LogP contribution is 2.21. The molecule has 0 N–H and O–H groups in total. The molecule has 0 unspecified atom stereocenters. The molecule has 0 amide bonds. The Morgan fingerprint density at radius 2 is 1.56 bits per heavy atom. The summed E-state index contributed by atoms with van der Waals surface area (Å²) in [6.07, 6.45) is 0. The second-order valence-electron chi connectivity index (χ2n) is 3.88. The lowest BCUT2D eigenvalue weighted by Gasteiger charge is -2.33. The van der Waals surface area contributed by atoms with Gasteiger partial charge in [-0.15, -0.1) is 0 Å². The van der Waals surface area contributed by atoms with E-state index in [-0.39, 0.29) is 0 Å². The van der Waals surface area contributed by atoms with Crippen molar-refractivity contribution in [3.05, 3.63) is 11.8 Å². The molecular formula is C12H27NO2Si. The molecule has 0 radical (unpaired) electrons. The predicted molar refractivity (Wildman–Crippen MR) is 72.3 cm³/mol. The van der Waals surface area contributed by atoms with Gasteiger partial charge in [-0.05, 0) is 39.1 Å². The number of ether oxygens (including phenoxy) is 2. The normalized spacial score (nSPS) is 12.9. The van der Waals surface area contributed by atoms with Gasteiger partial charge in [0, 0.05) is 13.2 Å². The fourth-order valence-electron chi connectivity index (χ4n) is 1.66. The van der Waals surface area contributed by atoms with E-state index in [9.17, 15) is 0 Å². The highest BCUT2D eigenvalue weighted by atomic mass is 28.2. The zero-order valence-corrected chi connectivity index (χ0v) is 12.9. The Balaban J connectivity index is 4.48. The lowest BCUT2D eigenvalue weighted by molar-refractivity contribution is -0.190. The molecular weight excluding hydrogens is 218 g/mol. The third-order valence-corrected chi connectivity index (χ3v) is 5.16. The van der Waals surface area contributed by atoms with Crippen LogP contribution in [-0.4, -0.2) is 46.3 Å². The summed E-state index contributed by atoms with van der Waals surface area (Å²) < 4.78 is 13.9. The van der Waals surface area contributed by atoms with E-state index in [1.165, 1.54) is 0 Å². The summed E-state index contributed by atoms with van der Waals surface area (Å²) >= 11 is 0. The zero-order valence-electron chi connectivity index (χ0n) is 11.5. The summed E-state index contributed by atoms with van der Waals surface area (Å²) in [4.78, 5) is 0. The van der Waals surface area contributed by atoms with Gasteiger partial charge in [-0.1, -0.05) is 20.4 Å². The Morgan fingerprint density at radius 1 is 1.12 bits per heavy atom. The van der Waals surface area contributed by atoms with Crippen molar-refractivity contribution < 1.29 is 9.47 Å². The first-order chi connectivity index (χ1) is 7.53. The first-order valence-electron chi connectivity index (χ1n) is 6.22. The van der Waals surface area contributed by atoms with Gasteiger partial charge in [-0.2, -0.15) is 0 Å². The van der Waals surface area contributed by atoms with Crippen molar-refractivity contribution >= 4 is 9.68 Å². The van der Waals surface area contributed by atoms with Crippen LogP contribution in [-0.2, 0) is 9.47 Å². The van der Waals surface area contributed by atoms with E-state index in [1.54, 1.807) is 0 Å². The van der Waals surface area contributed by atoms with Gasteiger partial charge in [-0.3, -0.25) is 0 Å². The molecule has 16 heavy (non-hydrogen) atoms. The first kappa shape index (κ1) is 15.8. The molecule has 0 rings (SSSR count). The summed E-state index contributed by atoms with van der Waals surface area (Å²) in [7, 11) is -0.506. The number of nitrogens with zero attached hydrogens (tertiary/aromatic N) is 1. The molecule has 3 nitrogen and oxygen atoms in total. The Hall–Kier alpha value is -0.163. The molecule has 0 bridgehead atoms. The van der Waals surface area contributed by atoms with Gasteiger partial charge >= 0.3 is 0 Å². The topological polar surface area (TPSA) is 21.7 Å². The third kappa shape index (κ3) is 4.78. The van der Waals surface area contributed by atoms with Crippen LogP contribution in [0.1, 0.15) is 34.6 Å². The average Bonchev–Trinajstić information content (AvgIpc) is 2.26. The number of rotatable bonds is 9. The molecule has 0 fully saturated rings. The van der Waals surface area contributed by atoms with Crippen molar-refractivity contribution in [3.8, 4) is 0 Å². The molecule has 0 aromatic carbocycles. The van der Waals surface area contributed by atoms with Crippen molar-refractivity contribution in [3.63, 3.8) is 0 Å². The average molecular weight is 245 g/mol. The van der Waals surface area contributed by atoms with Crippen LogP contribution in [0.15, 0.2) is 11.8 Å². The van der Waals surface area contributed by atoms with Crippen LogP contribution in [0.5, 0.6) is 0 Å². The molecule has 0 aromatic heterocycles. The maximum absolute atomic E-state index is 5.71. The van der Waals surface area contributed by atoms with Crippen LogP contribution in [0, 0.1) is 0 Å². The second kappa shape index (κ2) is 8.01. The van der Waals surface area contributed by atoms with Gasteiger partial charge in [0.05, 0.1) is 0 Å². The molecule has 0 atom stereocenters. The van der Waals surface area contributed by atoms with Crippen molar-refractivity contribution in [2.24, 2.45) is 0 Å². The van der Waals surface area contributed by atoms with Crippen LogP contribution < -0.4 is 0 Å². The molecule has 0 aliphatic carbocycles. The number of hydrogen-bond acceptors (Lipinski definition) is 3. The van der Waals surface area contributed by atoms with Gasteiger partial charge in [0.1, 0.15) is 9.68 Å². The van der Waals surface area contributed by atoms with E-state index in [4.69, 9.17) is 9.47 Å². The van der Waals surface area contributed by atoms with E-state index in [0.717, 1.165) is 18.3 Å². The molecule has 4 heteroatoms. The summed E-state index contributed by atoms with van der Waals surface area (Å²) in [5, 5.41) is 1.12. The van der Waals surface area contributed by atoms with E-state index in [0.29, 0.717) is 13.2 Å². The van der Waals surface area contributed by atoms with E-state index in [2.05, 4.69) is 25.0 Å². The van der Waals surface area contributed by atoms with Gasteiger partial charge in [0.2, 0.25) is 0 Å². The molecule has 0 saturated heterocycles. The van der Waals surface area contributed by atoms with Gasteiger partial charge in [-0.25, -0.2) is 0 Å². The Kier molecular flexibility index (Phi) is 7.92. The third-order valence-electron chi connectivity index (χ3n) is 2.79. The van der Waals surface area contributed by atoms with Crippen LogP contribution in [0.2, 0.25) is 0 Å². The highest BCUT2D eigenvalue weighted by molar-refractivity contribution is 6.42. The molecule has 0 aliphatic rings. The molecule has 0 spiro atoms. The molecule has 0 aliphatic heterocycles. The van der Waals surface area contributed by atoms with Crippen LogP contribution in [0.3, 0.4) is 0 Å². The van der Waals surface area contributed by atoms with E-state index < -0.39 is 15.5 Å². The minimum Gasteiger partial charge on any atom is -0.347 e. The summed E-state index contributed by atoms with van der Waals surface area (Å²) in [5.74, 6) is -0.585. The quantitative estimate of drug-likeness (QED) is 0.456. The Bertz CT molecular complexity index is 199. The van der Waals surface area contributed by atoms with Crippen molar-refractivity contribution in [1.29, 1.82) is 0 Å². The Morgan fingerprint density at radius 3 is 1.88 bits per heavy atom. The van der Waals surface area contributed by atoms with Gasteiger partial charge < -0.3 is 14.0 Å². The minimum absolute atomic E-state index is 0.506. The van der Waals surface area contributed by atoms with Gasteiger partial charge in [0.25, 0.3) is 0 Å². The number of hydrogen-bond donors (Lipinski definition) is 0. The van der Waals surface area contributed by atoms with Crippen LogP contribution >= 0.6 is 0 Å². The standard InChI is InChI=1S/C12H27NO2Si/c1-7-13(8-2)16-11(5)12(6,14-9-3)15-10-4/h5,7-10,16H2,1-4,6H3. The largest absolute Gasteiger partial charge is 0.347 e. The summed E-state index contributed by atoms with van der Waals surface area (Å²) in [6, 6.07) is 0. The molecule has 0 saturated carbocycles. The lowest BCUT2D eigenvalue weighted by Crippen LogP contribution is -2.41. The predicted octanol–water partition coefficient (Wildman–Crippen LogP) is 1.71. The first-order valence-corrected chi connectivity index (χ1v) is 7.56. The highest BCUT2D eigenvalue weighted by Gasteiger charge is 2.29. The SMILES string of the molecule is C=C([SiH2]N(CC)CC)C(C)(OCC)OCC. The van der Waals surface area contributed by atoms with E-state index in [1.807, 2.05) is 20.8 Å². The van der Waals surface area contributed by atoms with Gasteiger partial charge in [0.15, 0.2) is 5.79 Å². The summed E-state index contributed by atoms with van der Waals surface area (Å²) in [5.41, 5.74) is 0. The minimum atomic E-state index is -0.585. The van der Waals surface area contributed by atoms with Crippen molar-refractivity contribution in [2.75, 3.05) is 26.3 Å². The fourth-order valence-corrected chi connectivity index (χ4v) is 3.14. The lowest BCUT2D eigenvalue weighted by atomic mass is 10.3. The molecule has 96 valence electrons. The molecule has 0 heterocycles.